The third kappa shape index (κ3) is 2.27. The van der Waals surface area contributed by atoms with Crippen LogP contribution in [0, 0.1) is 6.92 Å². The summed E-state index contributed by atoms with van der Waals surface area (Å²) >= 11 is 3.01. The minimum Gasteiger partial charge on any atom is -0.477 e. The standard InChI is InChI=1S/C14H11NO2S2/c1-8-3-2-4-9(7-8)19-12-10-5-6-18-13(10)15-11(12)14(16)17/h2-7,15H,1H3,(H,16,17). The summed E-state index contributed by atoms with van der Waals surface area (Å²) in [6.45, 7) is 2.03. The minimum absolute atomic E-state index is 0.272. The van der Waals surface area contributed by atoms with Gasteiger partial charge in [-0.1, -0.05) is 29.5 Å². The van der Waals surface area contributed by atoms with Gasteiger partial charge in [-0.15, -0.1) is 11.3 Å². The van der Waals surface area contributed by atoms with Crippen LogP contribution in [0.25, 0.3) is 10.2 Å². The third-order valence-electron chi connectivity index (χ3n) is 2.80. The highest BCUT2D eigenvalue weighted by atomic mass is 32.2. The van der Waals surface area contributed by atoms with Crippen LogP contribution in [0.3, 0.4) is 0 Å². The molecule has 2 aromatic heterocycles. The van der Waals surface area contributed by atoms with E-state index in [0.29, 0.717) is 0 Å². The minimum atomic E-state index is -0.918. The molecule has 0 aliphatic heterocycles. The molecule has 0 atom stereocenters. The molecule has 1 aromatic carbocycles. The van der Waals surface area contributed by atoms with Crippen LogP contribution in [0.1, 0.15) is 16.1 Å². The number of aromatic carboxylic acids is 1. The number of carboxylic acid groups (broad SMARTS) is 1. The molecule has 0 fully saturated rings. The van der Waals surface area contributed by atoms with Crippen molar-refractivity contribution in [1.29, 1.82) is 0 Å². The van der Waals surface area contributed by atoms with Crippen LogP contribution in [0.4, 0.5) is 0 Å². The summed E-state index contributed by atoms with van der Waals surface area (Å²) in [4.78, 5) is 17.0. The maximum absolute atomic E-state index is 11.3. The number of benzene rings is 1. The summed E-state index contributed by atoms with van der Waals surface area (Å²) in [7, 11) is 0. The largest absolute Gasteiger partial charge is 0.477 e. The van der Waals surface area contributed by atoms with Crippen molar-refractivity contribution in [2.24, 2.45) is 0 Å². The van der Waals surface area contributed by atoms with Gasteiger partial charge in [0.05, 0.1) is 4.90 Å². The lowest BCUT2D eigenvalue weighted by atomic mass is 10.2. The van der Waals surface area contributed by atoms with E-state index in [1.165, 1.54) is 28.7 Å². The Kier molecular flexibility index (Phi) is 3.08. The van der Waals surface area contributed by atoms with Crippen molar-refractivity contribution < 1.29 is 9.90 Å². The lowest BCUT2D eigenvalue weighted by Crippen LogP contribution is -1.97. The molecule has 5 heteroatoms. The smallest absolute Gasteiger partial charge is 0.353 e. The molecule has 96 valence electrons. The van der Waals surface area contributed by atoms with Crippen LogP contribution in [-0.2, 0) is 0 Å². The zero-order valence-electron chi connectivity index (χ0n) is 10.1. The van der Waals surface area contributed by atoms with Crippen LogP contribution in [0.2, 0.25) is 0 Å². The summed E-state index contributed by atoms with van der Waals surface area (Å²) in [5.74, 6) is -0.918. The molecule has 3 rings (SSSR count). The molecule has 0 unspecified atom stereocenters. The van der Waals surface area contributed by atoms with Crippen molar-refractivity contribution in [2.75, 3.05) is 0 Å². The number of hydrogen-bond acceptors (Lipinski definition) is 3. The predicted octanol–water partition coefficient (Wildman–Crippen LogP) is 4.39. The highest BCUT2D eigenvalue weighted by molar-refractivity contribution is 7.99. The van der Waals surface area contributed by atoms with Crippen molar-refractivity contribution in [1.82, 2.24) is 4.98 Å². The van der Waals surface area contributed by atoms with E-state index in [2.05, 4.69) is 11.1 Å². The molecule has 0 amide bonds. The van der Waals surface area contributed by atoms with E-state index in [-0.39, 0.29) is 5.69 Å². The molecular formula is C14H11NO2S2. The van der Waals surface area contributed by atoms with E-state index < -0.39 is 5.97 Å². The first kappa shape index (κ1) is 12.3. The van der Waals surface area contributed by atoms with Gasteiger partial charge in [0, 0.05) is 10.3 Å². The average Bonchev–Trinajstić information content (AvgIpc) is 2.92. The first-order chi connectivity index (χ1) is 9.15. The van der Waals surface area contributed by atoms with Crippen molar-refractivity contribution in [3.05, 3.63) is 47.0 Å². The Labute approximate surface area is 118 Å². The quantitative estimate of drug-likeness (QED) is 0.752. The van der Waals surface area contributed by atoms with Crippen molar-refractivity contribution in [2.45, 2.75) is 16.7 Å². The molecule has 0 aliphatic rings. The van der Waals surface area contributed by atoms with Gasteiger partial charge in [0.25, 0.3) is 0 Å². The molecule has 0 bridgehead atoms. The van der Waals surface area contributed by atoms with E-state index in [9.17, 15) is 9.90 Å². The molecule has 3 aromatic rings. The van der Waals surface area contributed by atoms with Gasteiger partial charge in [0.15, 0.2) is 0 Å². The van der Waals surface area contributed by atoms with Crippen LogP contribution in [0.15, 0.2) is 45.5 Å². The summed E-state index contributed by atoms with van der Waals surface area (Å²) < 4.78 is 0. The van der Waals surface area contributed by atoms with Gasteiger partial charge in [0.1, 0.15) is 10.5 Å². The number of hydrogen-bond donors (Lipinski definition) is 2. The molecule has 2 N–H and O–H groups in total. The second-order valence-electron chi connectivity index (χ2n) is 4.22. The number of nitrogens with one attached hydrogen (secondary N) is 1. The van der Waals surface area contributed by atoms with Gasteiger partial charge >= 0.3 is 5.97 Å². The molecule has 3 nitrogen and oxygen atoms in total. The number of aromatic nitrogens is 1. The first-order valence-corrected chi connectivity index (χ1v) is 7.42. The lowest BCUT2D eigenvalue weighted by molar-refractivity contribution is 0.0688. The number of aromatic amines is 1. The van der Waals surface area contributed by atoms with E-state index in [1.54, 1.807) is 0 Å². The Morgan fingerprint density at radius 1 is 1.37 bits per heavy atom. The number of carboxylic acids is 1. The Morgan fingerprint density at radius 3 is 2.95 bits per heavy atom. The van der Waals surface area contributed by atoms with Gasteiger partial charge in [-0.05, 0) is 30.5 Å². The van der Waals surface area contributed by atoms with Gasteiger partial charge in [0.2, 0.25) is 0 Å². The molecule has 0 aliphatic carbocycles. The van der Waals surface area contributed by atoms with E-state index >= 15 is 0 Å². The number of fused-ring (bicyclic) bond motifs is 1. The van der Waals surface area contributed by atoms with Crippen LogP contribution < -0.4 is 0 Å². The second kappa shape index (κ2) is 4.75. The van der Waals surface area contributed by atoms with E-state index in [0.717, 1.165) is 20.0 Å². The Morgan fingerprint density at radius 2 is 2.21 bits per heavy atom. The van der Waals surface area contributed by atoms with Crippen LogP contribution in [-0.4, -0.2) is 16.1 Å². The van der Waals surface area contributed by atoms with Gasteiger partial charge < -0.3 is 10.1 Å². The van der Waals surface area contributed by atoms with Gasteiger partial charge in [-0.25, -0.2) is 4.79 Å². The number of thiophene rings is 1. The zero-order chi connectivity index (χ0) is 13.4. The molecule has 0 spiro atoms. The Bertz CT molecular complexity index is 758. The Hall–Kier alpha value is -1.72. The Balaban J connectivity index is 2.10. The molecule has 0 saturated heterocycles. The fourth-order valence-corrected chi connectivity index (χ4v) is 3.95. The molecule has 0 radical (unpaired) electrons. The van der Waals surface area contributed by atoms with Crippen molar-refractivity contribution in [3.8, 4) is 0 Å². The first-order valence-electron chi connectivity index (χ1n) is 5.72. The molecule has 19 heavy (non-hydrogen) atoms. The van der Waals surface area contributed by atoms with E-state index in [4.69, 9.17) is 0 Å². The topological polar surface area (TPSA) is 53.1 Å². The summed E-state index contributed by atoms with van der Waals surface area (Å²) in [5.41, 5.74) is 1.44. The highest BCUT2D eigenvalue weighted by Gasteiger charge is 2.18. The predicted molar refractivity (Wildman–Crippen MR) is 78.4 cm³/mol. The zero-order valence-corrected chi connectivity index (χ0v) is 11.8. The highest BCUT2D eigenvalue weighted by Crippen LogP contribution is 2.38. The second-order valence-corrected chi connectivity index (χ2v) is 6.22. The monoisotopic (exact) mass is 289 g/mol. The number of carbonyl (C=O) groups is 1. The number of H-pyrrole nitrogens is 1. The molecule has 0 saturated carbocycles. The summed E-state index contributed by atoms with van der Waals surface area (Å²) in [6.07, 6.45) is 0. The normalized spacial score (nSPS) is 11.0. The average molecular weight is 289 g/mol. The maximum atomic E-state index is 11.3. The van der Waals surface area contributed by atoms with Gasteiger partial charge in [-0.3, -0.25) is 0 Å². The van der Waals surface area contributed by atoms with Crippen molar-refractivity contribution >= 4 is 39.3 Å². The lowest BCUT2D eigenvalue weighted by Gasteiger charge is -2.02. The summed E-state index contributed by atoms with van der Waals surface area (Å²) in [6, 6.07) is 10.0. The SMILES string of the molecule is Cc1cccc(Sc2c(C(=O)O)[nH]c3sccc23)c1. The molecule has 2 heterocycles. The fraction of sp³-hybridized carbons (Fsp3) is 0.0714. The summed E-state index contributed by atoms with van der Waals surface area (Å²) in [5, 5.41) is 12.2. The number of aryl methyl sites for hydroxylation is 1. The number of rotatable bonds is 3. The van der Waals surface area contributed by atoms with Crippen molar-refractivity contribution in [3.63, 3.8) is 0 Å². The van der Waals surface area contributed by atoms with Gasteiger partial charge in [-0.2, -0.15) is 0 Å². The van der Waals surface area contributed by atoms with Crippen LogP contribution >= 0.6 is 23.1 Å². The van der Waals surface area contributed by atoms with E-state index in [1.807, 2.05) is 36.6 Å². The molecular weight excluding hydrogens is 278 g/mol. The van der Waals surface area contributed by atoms with Crippen LogP contribution in [0.5, 0.6) is 0 Å². The third-order valence-corrected chi connectivity index (χ3v) is 4.75. The fourth-order valence-electron chi connectivity index (χ4n) is 1.94. The maximum Gasteiger partial charge on any atom is 0.353 e.